The van der Waals surface area contributed by atoms with Crippen LogP contribution in [-0.2, 0) is 14.3 Å². The van der Waals surface area contributed by atoms with Crippen LogP contribution in [0, 0.1) is 10.8 Å². The zero-order valence-corrected chi connectivity index (χ0v) is 12.4. The number of hydrogen-bond donors (Lipinski definition) is 1. The van der Waals surface area contributed by atoms with Crippen molar-refractivity contribution >= 4 is 11.9 Å². The van der Waals surface area contributed by atoms with E-state index < -0.39 is 6.04 Å². The molecule has 1 saturated heterocycles. The molecule has 3 rings (SSSR count). The van der Waals surface area contributed by atoms with Gasteiger partial charge in [-0.3, -0.25) is 4.79 Å². The molecular formula is C16H25NO3. The van der Waals surface area contributed by atoms with E-state index in [2.05, 4.69) is 5.32 Å². The molecule has 112 valence electrons. The molecule has 1 atom stereocenters. The van der Waals surface area contributed by atoms with Crippen LogP contribution in [0.25, 0.3) is 0 Å². The van der Waals surface area contributed by atoms with Crippen LogP contribution < -0.4 is 5.32 Å². The van der Waals surface area contributed by atoms with Gasteiger partial charge >= 0.3 is 5.97 Å². The standard InChI is InChI=1S/C16H25NO3/c1-2-20-14(19)13-16(11-12(18)17-13)9-7-15(8-10-16)5-3-4-6-15/h13H,2-11H2,1H3,(H,17,18). The van der Waals surface area contributed by atoms with Gasteiger partial charge in [0.1, 0.15) is 6.04 Å². The summed E-state index contributed by atoms with van der Waals surface area (Å²) < 4.78 is 5.17. The predicted octanol–water partition coefficient (Wildman–Crippen LogP) is 2.56. The Bertz CT molecular complexity index is 402. The smallest absolute Gasteiger partial charge is 0.329 e. The van der Waals surface area contributed by atoms with Gasteiger partial charge in [0.25, 0.3) is 0 Å². The van der Waals surface area contributed by atoms with Crippen LogP contribution in [0.3, 0.4) is 0 Å². The Morgan fingerprint density at radius 1 is 1.20 bits per heavy atom. The topological polar surface area (TPSA) is 55.4 Å². The van der Waals surface area contributed by atoms with Gasteiger partial charge in [0, 0.05) is 11.8 Å². The SMILES string of the molecule is CCOC(=O)C1NC(=O)CC12CCC1(CCCC1)CC2. The lowest BCUT2D eigenvalue weighted by Crippen LogP contribution is -2.47. The average Bonchev–Trinajstić information content (AvgIpc) is 3.00. The Balaban J connectivity index is 1.74. The third-order valence-electron chi connectivity index (χ3n) is 5.92. The van der Waals surface area contributed by atoms with Crippen molar-refractivity contribution in [3.05, 3.63) is 0 Å². The Morgan fingerprint density at radius 3 is 2.45 bits per heavy atom. The summed E-state index contributed by atoms with van der Waals surface area (Å²) in [6.45, 7) is 2.20. The van der Waals surface area contributed by atoms with Crippen LogP contribution in [0.4, 0.5) is 0 Å². The van der Waals surface area contributed by atoms with E-state index in [9.17, 15) is 9.59 Å². The molecule has 0 aromatic rings. The van der Waals surface area contributed by atoms with Gasteiger partial charge in [-0.1, -0.05) is 12.8 Å². The van der Waals surface area contributed by atoms with Gasteiger partial charge < -0.3 is 10.1 Å². The molecule has 3 fully saturated rings. The fourth-order valence-corrected chi connectivity index (χ4v) is 4.69. The highest BCUT2D eigenvalue weighted by atomic mass is 16.5. The van der Waals surface area contributed by atoms with E-state index in [1.54, 1.807) is 0 Å². The summed E-state index contributed by atoms with van der Waals surface area (Å²) in [5.74, 6) is -0.217. The van der Waals surface area contributed by atoms with Crippen LogP contribution >= 0.6 is 0 Å². The summed E-state index contributed by atoms with van der Waals surface area (Å²) >= 11 is 0. The molecule has 2 saturated carbocycles. The molecule has 1 aliphatic heterocycles. The highest BCUT2D eigenvalue weighted by Crippen LogP contribution is 2.56. The Kier molecular flexibility index (Phi) is 3.51. The number of carbonyl (C=O) groups is 2. The molecule has 0 aromatic carbocycles. The maximum absolute atomic E-state index is 12.1. The third kappa shape index (κ3) is 2.23. The molecule has 2 aliphatic carbocycles. The van der Waals surface area contributed by atoms with E-state index in [4.69, 9.17) is 4.74 Å². The van der Waals surface area contributed by atoms with Gasteiger partial charge in [0.05, 0.1) is 6.61 Å². The minimum absolute atomic E-state index is 0.0189. The van der Waals surface area contributed by atoms with Crippen LogP contribution in [0.5, 0.6) is 0 Å². The summed E-state index contributed by atoms with van der Waals surface area (Å²) in [4.78, 5) is 24.0. The monoisotopic (exact) mass is 279 g/mol. The van der Waals surface area contributed by atoms with Crippen molar-refractivity contribution in [2.24, 2.45) is 10.8 Å². The molecule has 1 heterocycles. The second-order valence-electron chi connectivity index (χ2n) is 7.00. The third-order valence-corrected chi connectivity index (χ3v) is 5.92. The first-order valence-corrected chi connectivity index (χ1v) is 8.05. The molecule has 20 heavy (non-hydrogen) atoms. The molecule has 4 heteroatoms. The van der Waals surface area contributed by atoms with Gasteiger partial charge in [-0.05, 0) is 50.9 Å². The molecule has 1 N–H and O–H groups in total. The second kappa shape index (κ2) is 5.05. The molecule has 1 unspecified atom stereocenters. The molecular weight excluding hydrogens is 254 g/mol. The lowest BCUT2D eigenvalue weighted by atomic mass is 9.60. The van der Waals surface area contributed by atoms with Gasteiger partial charge in [0.2, 0.25) is 5.91 Å². The summed E-state index contributed by atoms with van der Waals surface area (Å²) in [7, 11) is 0. The number of nitrogens with one attached hydrogen (secondary N) is 1. The summed E-state index contributed by atoms with van der Waals surface area (Å²) in [5.41, 5.74) is 0.354. The van der Waals surface area contributed by atoms with Crippen molar-refractivity contribution in [1.29, 1.82) is 0 Å². The lowest BCUT2D eigenvalue weighted by Gasteiger charge is -2.44. The van der Waals surface area contributed by atoms with E-state index in [1.165, 1.54) is 38.5 Å². The molecule has 2 spiro atoms. The number of rotatable bonds is 2. The Hall–Kier alpha value is -1.06. The van der Waals surface area contributed by atoms with E-state index in [0.29, 0.717) is 18.4 Å². The molecule has 0 radical (unpaired) electrons. The normalized spacial score (nSPS) is 30.6. The fourth-order valence-electron chi connectivity index (χ4n) is 4.69. The number of hydrogen-bond acceptors (Lipinski definition) is 3. The quantitative estimate of drug-likeness (QED) is 0.790. The van der Waals surface area contributed by atoms with Crippen LogP contribution in [0.15, 0.2) is 0 Å². The number of esters is 1. The van der Waals surface area contributed by atoms with E-state index >= 15 is 0 Å². The van der Waals surface area contributed by atoms with Gasteiger partial charge in [-0.25, -0.2) is 4.79 Å². The Labute approximate surface area is 120 Å². The van der Waals surface area contributed by atoms with Crippen molar-refractivity contribution in [3.63, 3.8) is 0 Å². The van der Waals surface area contributed by atoms with Gasteiger partial charge in [-0.15, -0.1) is 0 Å². The van der Waals surface area contributed by atoms with Crippen molar-refractivity contribution in [3.8, 4) is 0 Å². The zero-order valence-electron chi connectivity index (χ0n) is 12.4. The van der Waals surface area contributed by atoms with Crippen LogP contribution in [0.2, 0.25) is 0 Å². The molecule has 1 amide bonds. The maximum atomic E-state index is 12.1. The average molecular weight is 279 g/mol. The minimum Gasteiger partial charge on any atom is -0.464 e. The second-order valence-corrected chi connectivity index (χ2v) is 7.00. The largest absolute Gasteiger partial charge is 0.464 e. The number of carbonyl (C=O) groups excluding carboxylic acids is 2. The zero-order chi connectivity index (χ0) is 14.2. The lowest BCUT2D eigenvalue weighted by molar-refractivity contribution is -0.149. The fraction of sp³-hybridized carbons (Fsp3) is 0.875. The van der Waals surface area contributed by atoms with E-state index in [-0.39, 0.29) is 17.3 Å². The first-order valence-electron chi connectivity index (χ1n) is 8.05. The summed E-state index contributed by atoms with van der Waals surface area (Å²) in [6.07, 6.45) is 10.2. The predicted molar refractivity (Wildman–Crippen MR) is 75.0 cm³/mol. The van der Waals surface area contributed by atoms with Crippen molar-refractivity contribution < 1.29 is 14.3 Å². The van der Waals surface area contributed by atoms with E-state index in [1.807, 2.05) is 6.92 Å². The first kappa shape index (κ1) is 13.9. The maximum Gasteiger partial charge on any atom is 0.329 e. The minimum atomic E-state index is -0.409. The van der Waals surface area contributed by atoms with Crippen molar-refractivity contribution in [2.75, 3.05) is 6.61 Å². The molecule has 0 aromatic heterocycles. The van der Waals surface area contributed by atoms with Gasteiger partial charge in [-0.2, -0.15) is 0 Å². The van der Waals surface area contributed by atoms with Crippen LogP contribution in [-0.4, -0.2) is 24.5 Å². The molecule has 0 bridgehead atoms. The number of amides is 1. The highest BCUT2D eigenvalue weighted by Gasteiger charge is 2.54. The molecule has 3 aliphatic rings. The van der Waals surface area contributed by atoms with Crippen molar-refractivity contribution in [2.45, 2.75) is 70.8 Å². The highest BCUT2D eigenvalue weighted by molar-refractivity contribution is 5.90. The Morgan fingerprint density at radius 2 is 1.85 bits per heavy atom. The summed E-state index contributed by atoms with van der Waals surface area (Å²) in [6, 6.07) is -0.409. The number of ether oxygens (including phenoxy) is 1. The van der Waals surface area contributed by atoms with Gasteiger partial charge in [0.15, 0.2) is 0 Å². The van der Waals surface area contributed by atoms with Crippen molar-refractivity contribution in [1.82, 2.24) is 5.32 Å². The van der Waals surface area contributed by atoms with Crippen LogP contribution in [0.1, 0.15) is 64.7 Å². The van der Waals surface area contributed by atoms with E-state index in [0.717, 1.165) is 12.8 Å². The summed E-state index contributed by atoms with van der Waals surface area (Å²) in [5, 5.41) is 2.86. The molecule has 4 nitrogen and oxygen atoms in total. The first-order chi connectivity index (χ1) is 9.59.